The first-order valence-electron chi connectivity index (χ1n) is 6.49. The van der Waals surface area contributed by atoms with E-state index in [2.05, 4.69) is 4.98 Å². The Hall–Kier alpha value is -1.96. The van der Waals surface area contributed by atoms with Crippen molar-refractivity contribution in [2.45, 2.75) is 6.42 Å². The number of benzene rings is 1. The van der Waals surface area contributed by atoms with Crippen LogP contribution in [0.3, 0.4) is 0 Å². The highest BCUT2D eigenvalue weighted by atomic mass is 32.3. The van der Waals surface area contributed by atoms with Crippen molar-refractivity contribution in [2.24, 2.45) is 13.0 Å². The summed E-state index contributed by atoms with van der Waals surface area (Å²) < 4.78 is 36.0. The molecular formula is C13H14FN3O3S. The van der Waals surface area contributed by atoms with Crippen LogP contribution in [0.2, 0.25) is 0 Å². The lowest BCUT2D eigenvalue weighted by molar-refractivity contribution is -0.117. The lowest BCUT2D eigenvalue weighted by Crippen LogP contribution is -2.28. The number of aromatic nitrogens is 2. The summed E-state index contributed by atoms with van der Waals surface area (Å²) in [7, 11) is -2.79. The van der Waals surface area contributed by atoms with Gasteiger partial charge in [0.1, 0.15) is 0 Å². The number of aryl methyl sites for hydroxylation is 1. The Bertz CT molecular complexity index is 815. The number of hydrogen-bond donors (Lipinski definition) is 0. The Labute approximate surface area is 121 Å². The van der Waals surface area contributed by atoms with Crippen LogP contribution >= 0.6 is 0 Å². The summed E-state index contributed by atoms with van der Waals surface area (Å²) in [6.45, 7) is 0.166. The van der Waals surface area contributed by atoms with Gasteiger partial charge in [-0.15, -0.1) is 3.89 Å². The Morgan fingerprint density at radius 2 is 2.10 bits per heavy atom. The van der Waals surface area contributed by atoms with Crippen LogP contribution in [0.15, 0.2) is 24.3 Å². The zero-order chi connectivity index (χ0) is 15.2. The van der Waals surface area contributed by atoms with Gasteiger partial charge < -0.3 is 4.57 Å². The molecular weight excluding hydrogens is 297 g/mol. The third-order valence-electron chi connectivity index (χ3n) is 3.64. The second-order valence-corrected chi connectivity index (χ2v) is 6.65. The van der Waals surface area contributed by atoms with Crippen molar-refractivity contribution in [3.05, 3.63) is 24.3 Å². The second-order valence-electron chi connectivity index (χ2n) is 5.24. The number of para-hydroxylation sites is 2. The van der Waals surface area contributed by atoms with E-state index in [1.165, 1.54) is 4.90 Å². The predicted octanol–water partition coefficient (Wildman–Crippen LogP) is 1.23. The van der Waals surface area contributed by atoms with Gasteiger partial charge in [-0.2, -0.15) is 8.42 Å². The van der Waals surface area contributed by atoms with Crippen LogP contribution in [0.25, 0.3) is 11.0 Å². The molecule has 2 aromatic rings. The average molecular weight is 311 g/mol. The highest BCUT2D eigenvalue weighted by Crippen LogP contribution is 2.28. The van der Waals surface area contributed by atoms with Gasteiger partial charge in [-0.1, -0.05) is 12.1 Å². The lowest BCUT2D eigenvalue weighted by atomic mass is 10.1. The molecule has 1 aliphatic rings. The van der Waals surface area contributed by atoms with E-state index in [1.54, 1.807) is 11.6 Å². The molecule has 112 valence electrons. The normalized spacial score (nSPS) is 19.6. The van der Waals surface area contributed by atoms with Crippen LogP contribution in [0.4, 0.5) is 9.83 Å². The van der Waals surface area contributed by atoms with Crippen LogP contribution in [-0.4, -0.2) is 36.2 Å². The molecule has 0 saturated carbocycles. The van der Waals surface area contributed by atoms with Crippen LogP contribution in [0.1, 0.15) is 6.42 Å². The van der Waals surface area contributed by atoms with Crippen molar-refractivity contribution in [1.82, 2.24) is 9.55 Å². The standard InChI is InChI=1S/C13H14FN3O3S/c1-16-11-5-3-2-4-10(11)15-13(16)17-7-9(6-12(17)18)8-21(14,19)20/h2-5,9H,6-8H2,1H3. The molecule has 1 fully saturated rings. The molecule has 1 aromatic heterocycles. The number of halogens is 1. The Balaban J connectivity index is 1.92. The molecule has 0 bridgehead atoms. The van der Waals surface area contributed by atoms with E-state index >= 15 is 0 Å². The summed E-state index contributed by atoms with van der Waals surface area (Å²) in [6.07, 6.45) is 0.0202. The molecule has 8 heteroatoms. The van der Waals surface area contributed by atoms with Gasteiger partial charge in [-0.25, -0.2) is 4.98 Å². The molecule has 0 spiro atoms. The van der Waals surface area contributed by atoms with Crippen molar-refractivity contribution in [3.8, 4) is 0 Å². The molecule has 21 heavy (non-hydrogen) atoms. The van der Waals surface area contributed by atoms with Crippen molar-refractivity contribution < 1.29 is 17.1 Å². The van der Waals surface area contributed by atoms with Crippen molar-refractivity contribution >= 4 is 33.1 Å². The lowest BCUT2D eigenvalue weighted by Gasteiger charge is -2.15. The fraction of sp³-hybridized carbons (Fsp3) is 0.385. The number of carbonyl (C=O) groups is 1. The monoisotopic (exact) mass is 311 g/mol. The van der Waals surface area contributed by atoms with E-state index in [-0.39, 0.29) is 18.9 Å². The molecule has 0 N–H and O–H groups in total. The third kappa shape index (κ3) is 2.63. The molecule has 1 atom stereocenters. The number of nitrogens with zero attached hydrogens (tertiary/aromatic N) is 3. The molecule has 1 aromatic carbocycles. The minimum Gasteiger partial charge on any atom is -0.313 e. The van der Waals surface area contributed by atoms with Gasteiger partial charge in [0.25, 0.3) is 0 Å². The summed E-state index contributed by atoms with van der Waals surface area (Å²) in [5.41, 5.74) is 1.63. The van der Waals surface area contributed by atoms with E-state index < -0.39 is 21.9 Å². The number of carbonyl (C=O) groups excluding carboxylic acids is 1. The van der Waals surface area contributed by atoms with Gasteiger partial charge >= 0.3 is 10.2 Å². The number of imidazole rings is 1. The minimum atomic E-state index is -4.58. The molecule has 3 rings (SSSR count). The highest BCUT2D eigenvalue weighted by molar-refractivity contribution is 7.86. The fourth-order valence-electron chi connectivity index (χ4n) is 2.74. The quantitative estimate of drug-likeness (QED) is 0.799. The van der Waals surface area contributed by atoms with Crippen LogP contribution in [-0.2, 0) is 22.1 Å². The number of rotatable bonds is 3. The van der Waals surface area contributed by atoms with Gasteiger partial charge in [-0.3, -0.25) is 9.69 Å². The molecule has 1 unspecified atom stereocenters. The summed E-state index contributed by atoms with van der Waals surface area (Å²) in [5, 5.41) is 0. The Kier molecular flexibility index (Phi) is 3.20. The molecule has 6 nitrogen and oxygen atoms in total. The Morgan fingerprint density at radius 1 is 1.38 bits per heavy atom. The summed E-state index contributed by atoms with van der Waals surface area (Å²) in [6, 6.07) is 7.44. The summed E-state index contributed by atoms with van der Waals surface area (Å²) in [5.74, 6) is -0.937. The first kappa shape index (κ1) is 14.0. The topological polar surface area (TPSA) is 72.3 Å². The smallest absolute Gasteiger partial charge is 0.302 e. The molecule has 2 heterocycles. The SMILES string of the molecule is Cn1c(N2CC(CS(=O)(=O)F)CC2=O)nc2ccccc21. The second kappa shape index (κ2) is 4.80. The summed E-state index contributed by atoms with van der Waals surface area (Å²) >= 11 is 0. The van der Waals surface area contributed by atoms with Gasteiger partial charge in [0.2, 0.25) is 11.9 Å². The molecule has 1 aliphatic heterocycles. The first-order chi connectivity index (χ1) is 9.85. The highest BCUT2D eigenvalue weighted by Gasteiger charge is 2.35. The third-order valence-corrected chi connectivity index (χ3v) is 4.51. The predicted molar refractivity (Wildman–Crippen MR) is 76.1 cm³/mol. The zero-order valence-corrected chi connectivity index (χ0v) is 12.2. The van der Waals surface area contributed by atoms with E-state index in [1.807, 2.05) is 24.3 Å². The van der Waals surface area contributed by atoms with Gasteiger partial charge in [-0.05, 0) is 12.1 Å². The molecule has 1 saturated heterocycles. The largest absolute Gasteiger partial charge is 0.313 e. The Morgan fingerprint density at radius 3 is 2.76 bits per heavy atom. The number of hydrogen-bond acceptors (Lipinski definition) is 4. The van der Waals surface area contributed by atoms with E-state index in [0.29, 0.717) is 5.95 Å². The molecule has 0 radical (unpaired) electrons. The van der Waals surface area contributed by atoms with E-state index in [9.17, 15) is 17.1 Å². The van der Waals surface area contributed by atoms with Crippen molar-refractivity contribution in [1.29, 1.82) is 0 Å². The maximum Gasteiger partial charge on any atom is 0.302 e. The fourth-order valence-corrected chi connectivity index (χ4v) is 3.53. The van der Waals surface area contributed by atoms with Crippen molar-refractivity contribution in [3.63, 3.8) is 0 Å². The average Bonchev–Trinajstić information content (AvgIpc) is 2.89. The van der Waals surface area contributed by atoms with Gasteiger partial charge in [0.15, 0.2) is 0 Å². The minimum absolute atomic E-state index is 0.0202. The van der Waals surface area contributed by atoms with Crippen molar-refractivity contribution in [2.75, 3.05) is 17.2 Å². The van der Waals surface area contributed by atoms with Gasteiger partial charge in [0.05, 0.1) is 16.8 Å². The maximum absolute atomic E-state index is 12.8. The maximum atomic E-state index is 12.8. The number of anilines is 1. The van der Waals surface area contributed by atoms with Crippen LogP contribution < -0.4 is 4.90 Å². The molecule has 0 aliphatic carbocycles. The van der Waals surface area contributed by atoms with Crippen LogP contribution in [0, 0.1) is 5.92 Å². The van der Waals surface area contributed by atoms with E-state index in [4.69, 9.17) is 0 Å². The van der Waals surface area contributed by atoms with Crippen LogP contribution in [0.5, 0.6) is 0 Å². The van der Waals surface area contributed by atoms with Gasteiger partial charge in [0, 0.05) is 25.9 Å². The number of amides is 1. The molecule has 1 amide bonds. The summed E-state index contributed by atoms with van der Waals surface area (Å²) in [4.78, 5) is 17.9. The number of fused-ring (bicyclic) bond motifs is 1. The first-order valence-corrected chi connectivity index (χ1v) is 8.04. The zero-order valence-electron chi connectivity index (χ0n) is 11.4. The van der Waals surface area contributed by atoms with E-state index in [0.717, 1.165) is 11.0 Å².